The number of benzene rings is 2. The van der Waals surface area contributed by atoms with Crippen molar-refractivity contribution in [1.29, 1.82) is 0 Å². The first-order valence-electron chi connectivity index (χ1n) is 8.93. The Labute approximate surface area is 154 Å². The maximum atomic E-state index is 12.6. The normalized spacial score (nSPS) is 14.5. The van der Waals surface area contributed by atoms with E-state index in [0.29, 0.717) is 6.42 Å². The predicted octanol–water partition coefficient (Wildman–Crippen LogP) is 5.08. The van der Waals surface area contributed by atoms with Gasteiger partial charge < -0.3 is 10.1 Å². The first-order chi connectivity index (χ1) is 12.2. The molecule has 0 spiro atoms. The van der Waals surface area contributed by atoms with Gasteiger partial charge in [0.2, 0.25) is 0 Å². The number of amides is 1. The second-order valence-electron chi connectivity index (χ2n) is 6.37. The summed E-state index contributed by atoms with van der Waals surface area (Å²) < 4.78 is 6.00. The SMILES string of the molecule is CCC(Oc1ccc2c(c1)CCCC2)C(=O)Nc1cccc(SC)c1. The lowest BCUT2D eigenvalue weighted by Gasteiger charge is -2.20. The molecule has 1 aliphatic rings. The number of carbonyl (C=O) groups is 1. The Morgan fingerprint density at radius 1 is 1.16 bits per heavy atom. The Hall–Kier alpha value is -1.94. The van der Waals surface area contributed by atoms with Gasteiger partial charge in [0.15, 0.2) is 6.10 Å². The van der Waals surface area contributed by atoms with E-state index in [1.165, 1.54) is 24.0 Å². The van der Waals surface area contributed by atoms with Gasteiger partial charge in [-0.1, -0.05) is 19.1 Å². The number of nitrogens with one attached hydrogen (secondary N) is 1. The molecule has 25 heavy (non-hydrogen) atoms. The van der Waals surface area contributed by atoms with E-state index in [0.717, 1.165) is 29.2 Å². The van der Waals surface area contributed by atoms with Crippen LogP contribution in [0.1, 0.15) is 37.3 Å². The number of thioether (sulfide) groups is 1. The number of fused-ring (bicyclic) bond motifs is 1. The molecule has 4 heteroatoms. The van der Waals surface area contributed by atoms with Crippen LogP contribution >= 0.6 is 11.8 Å². The van der Waals surface area contributed by atoms with Gasteiger partial charge in [-0.05, 0) is 79.8 Å². The number of anilines is 1. The second-order valence-corrected chi connectivity index (χ2v) is 7.25. The van der Waals surface area contributed by atoms with E-state index in [1.807, 2.05) is 43.5 Å². The Morgan fingerprint density at radius 2 is 1.96 bits per heavy atom. The van der Waals surface area contributed by atoms with E-state index < -0.39 is 6.10 Å². The zero-order valence-corrected chi connectivity index (χ0v) is 15.7. The van der Waals surface area contributed by atoms with Crippen LogP contribution in [0, 0.1) is 0 Å². The summed E-state index contributed by atoms with van der Waals surface area (Å²) in [5.41, 5.74) is 3.60. The van der Waals surface area contributed by atoms with Gasteiger partial charge in [0.25, 0.3) is 5.91 Å². The molecule has 0 aliphatic heterocycles. The van der Waals surface area contributed by atoms with E-state index >= 15 is 0 Å². The summed E-state index contributed by atoms with van der Waals surface area (Å²) in [7, 11) is 0. The van der Waals surface area contributed by atoms with Crippen LogP contribution in [-0.2, 0) is 17.6 Å². The van der Waals surface area contributed by atoms with Crippen LogP contribution in [0.25, 0.3) is 0 Å². The van der Waals surface area contributed by atoms with Crippen LogP contribution in [0.2, 0.25) is 0 Å². The highest BCUT2D eigenvalue weighted by molar-refractivity contribution is 7.98. The molecule has 3 rings (SSSR count). The van der Waals surface area contributed by atoms with Crippen molar-refractivity contribution < 1.29 is 9.53 Å². The van der Waals surface area contributed by atoms with Crippen molar-refractivity contribution in [2.75, 3.05) is 11.6 Å². The van der Waals surface area contributed by atoms with Crippen LogP contribution in [0.3, 0.4) is 0 Å². The van der Waals surface area contributed by atoms with Crippen LogP contribution in [-0.4, -0.2) is 18.3 Å². The molecular formula is C21H25NO2S. The zero-order valence-electron chi connectivity index (χ0n) is 14.9. The van der Waals surface area contributed by atoms with Crippen molar-refractivity contribution in [3.05, 3.63) is 53.6 Å². The minimum Gasteiger partial charge on any atom is -0.481 e. The summed E-state index contributed by atoms with van der Waals surface area (Å²) in [6.07, 6.45) is 6.93. The van der Waals surface area contributed by atoms with Crippen molar-refractivity contribution in [2.24, 2.45) is 0 Å². The lowest BCUT2D eigenvalue weighted by Crippen LogP contribution is -2.32. The summed E-state index contributed by atoms with van der Waals surface area (Å²) in [5, 5.41) is 2.97. The average Bonchev–Trinajstić information content (AvgIpc) is 2.66. The third kappa shape index (κ3) is 4.57. The highest BCUT2D eigenvalue weighted by atomic mass is 32.2. The molecule has 1 amide bonds. The minimum absolute atomic E-state index is 0.0986. The molecule has 132 valence electrons. The van der Waals surface area contributed by atoms with E-state index in [2.05, 4.69) is 17.4 Å². The largest absolute Gasteiger partial charge is 0.481 e. The summed E-state index contributed by atoms with van der Waals surface area (Å²) in [4.78, 5) is 13.7. The number of rotatable bonds is 6. The maximum Gasteiger partial charge on any atom is 0.265 e. The van der Waals surface area contributed by atoms with E-state index in [9.17, 15) is 4.79 Å². The molecule has 0 aromatic heterocycles. The van der Waals surface area contributed by atoms with E-state index in [1.54, 1.807) is 11.8 Å². The van der Waals surface area contributed by atoms with Gasteiger partial charge in [-0.2, -0.15) is 0 Å². The Morgan fingerprint density at radius 3 is 2.72 bits per heavy atom. The first kappa shape index (κ1) is 17.9. The molecule has 0 radical (unpaired) electrons. The van der Waals surface area contributed by atoms with Crippen LogP contribution in [0.5, 0.6) is 5.75 Å². The van der Waals surface area contributed by atoms with Gasteiger partial charge in [-0.3, -0.25) is 4.79 Å². The predicted molar refractivity (Wildman–Crippen MR) is 105 cm³/mol. The molecule has 0 fully saturated rings. The fraction of sp³-hybridized carbons (Fsp3) is 0.381. The average molecular weight is 356 g/mol. The van der Waals surface area contributed by atoms with Crippen molar-refractivity contribution in [3.8, 4) is 5.75 Å². The summed E-state index contributed by atoms with van der Waals surface area (Å²) >= 11 is 1.66. The number of hydrogen-bond acceptors (Lipinski definition) is 3. The number of hydrogen-bond donors (Lipinski definition) is 1. The molecule has 0 heterocycles. The summed E-state index contributed by atoms with van der Waals surface area (Å²) in [5.74, 6) is 0.694. The highest BCUT2D eigenvalue weighted by Crippen LogP contribution is 2.26. The van der Waals surface area contributed by atoms with E-state index in [4.69, 9.17) is 4.74 Å². The van der Waals surface area contributed by atoms with Gasteiger partial charge in [-0.25, -0.2) is 0 Å². The van der Waals surface area contributed by atoms with Crippen LogP contribution < -0.4 is 10.1 Å². The molecule has 1 N–H and O–H groups in total. The second kappa shape index (κ2) is 8.43. The summed E-state index contributed by atoms with van der Waals surface area (Å²) in [6.45, 7) is 1.97. The van der Waals surface area contributed by atoms with Crippen LogP contribution in [0.4, 0.5) is 5.69 Å². The first-order valence-corrected chi connectivity index (χ1v) is 10.2. The zero-order chi connectivity index (χ0) is 17.6. The molecule has 0 saturated heterocycles. The van der Waals surface area contributed by atoms with E-state index in [-0.39, 0.29) is 5.91 Å². The fourth-order valence-corrected chi connectivity index (χ4v) is 3.65. The van der Waals surface area contributed by atoms with Crippen LogP contribution in [0.15, 0.2) is 47.4 Å². The Balaban J connectivity index is 1.68. The van der Waals surface area contributed by atoms with Crippen molar-refractivity contribution in [3.63, 3.8) is 0 Å². The van der Waals surface area contributed by atoms with Gasteiger partial charge >= 0.3 is 0 Å². The molecule has 0 bridgehead atoms. The topological polar surface area (TPSA) is 38.3 Å². The van der Waals surface area contributed by atoms with Gasteiger partial charge in [-0.15, -0.1) is 11.8 Å². The van der Waals surface area contributed by atoms with Gasteiger partial charge in [0, 0.05) is 10.6 Å². The highest BCUT2D eigenvalue weighted by Gasteiger charge is 2.19. The van der Waals surface area contributed by atoms with Crippen molar-refractivity contribution in [1.82, 2.24) is 0 Å². The maximum absolute atomic E-state index is 12.6. The number of carbonyl (C=O) groups excluding carboxylic acids is 1. The van der Waals surface area contributed by atoms with Gasteiger partial charge in [0.1, 0.15) is 5.75 Å². The smallest absolute Gasteiger partial charge is 0.265 e. The standard InChI is InChI=1S/C21H25NO2S/c1-3-20(21(23)22-17-9-6-10-19(14-17)25-2)24-18-12-11-15-7-4-5-8-16(15)13-18/h6,9-14,20H,3-5,7-8H2,1-2H3,(H,22,23). The molecule has 0 saturated carbocycles. The molecule has 1 unspecified atom stereocenters. The third-order valence-electron chi connectivity index (χ3n) is 4.60. The molecular weight excluding hydrogens is 330 g/mol. The minimum atomic E-state index is -0.487. The van der Waals surface area contributed by atoms with Gasteiger partial charge in [0.05, 0.1) is 0 Å². The monoisotopic (exact) mass is 355 g/mol. The Bertz CT molecular complexity index is 744. The number of ether oxygens (including phenoxy) is 1. The van der Waals surface area contributed by atoms with Crippen molar-refractivity contribution in [2.45, 2.75) is 50.0 Å². The molecule has 2 aromatic rings. The third-order valence-corrected chi connectivity index (χ3v) is 5.32. The lowest BCUT2D eigenvalue weighted by molar-refractivity contribution is -0.122. The molecule has 1 aliphatic carbocycles. The Kier molecular flexibility index (Phi) is 6.03. The fourth-order valence-electron chi connectivity index (χ4n) is 3.19. The molecule has 1 atom stereocenters. The molecule has 2 aromatic carbocycles. The van der Waals surface area contributed by atoms with Crippen molar-refractivity contribution >= 4 is 23.4 Å². The summed E-state index contributed by atoms with van der Waals surface area (Å²) in [6, 6.07) is 14.1. The lowest BCUT2D eigenvalue weighted by atomic mass is 9.92. The number of aryl methyl sites for hydroxylation is 2. The quantitative estimate of drug-likeness (QED) is 0.734. The molecule has 3 nitrogen and oxygen atoms in total.